The Hall–Kier alpha value is -3.42. The first-order chi connectivity index (χ1) is 12.7. The van der Waals surface area contributed by atoms with Gasteiger partial charge in [-0.2, -0.15) is 9.50 Å². The molecule has 0 aliphatic carbocycles. The van der Waals surface area contributed by atoms with Crippen LogP contribution in [0.2, 0.25) is 0 Å². The van der Waals surface area contributed by atoms with E-state index in [4.69, 9.17) is 0 Å². The van der Waals surface area contributed by atoms with Crippen LogP contribution in [0.3, 0.4) is 0 Å². The number of nitrogens with one attached hydrogen (secondary N) is 3. The molecule has 4 rings (SSSR count). The number of aromatic nitrogens is 5. The lowest BCUT2D eigenvalue weighted by Crippen LogP contribution is -2.25. The number of aryl methyl sites for hydroxylation is 1. The molecule has 0 saturated heterocycles. The zero-order chi connectivity index (χ0) is 17.9. The van der Waals surface area contributed by atoms with Crippen molar-refractivity contribution in [2.24, 2.45) is 0 Å². The molecular weight excluding hydrogens is 332 g/mol. The largest absolute Gasteiger partial charge is 0.369 e. The maximum Gasteiger partial charge on any atom is 0.369 e. The number of amides is 1. The van der Waals surface area contributed by atoms with Crippen LogP contribution in [0.15, 0.2) is 47.8 Å². The molecule has 0 unspecified atom stereocenters. The van der Waals surface area contributed by atoms with Gasteiger partial charge in [0.1, 0.15) is 6.33 Å². The van der Waals surface area contributed by atoms with E-state index in [9.17, 15) is 9.59 Å². The molecule has 1 aromatic carbocycles. The van der Waals surface area contributed by atoms with E-state index in [2.05, 4.69) is 31.4 Å². The molecule has 4 aromatic rings. The highest BCUT2D eigenvalue weighted by molar-refractivity contribution is 5.83. The van der Waals surface area contributed by atoms with Crippen molar-refractivity contribution in [1.82, 2.24) is 29.9 Å². The van der Waals surface area contributed by atoms with E-state index >= 15 is 0 Å². The summed E-state index contributed by atoms with van der Waals surface area (Å²) >= 11 is 0. The number of hydrogen-bond acceptors (Lipinski definition) is 4. The minimum atomic E-state index is -0.413. The van der Waals surface area contributed by atoms with Crippen LogP contribution in [0.1, 0.15) is 17.5 Å². The van der Waals surface area contributed by atoms with Gasteiger partial charge in [0.25, 0.3) is 0 Å². The van der Waals surface area contributed by atoms with Crippen LogP contribution in [0.4, 0.5) is 0 Å². The molecule has 8 nitrogen and oxygen atoms in total. The van der Waals surface area contributed by atoms with Crippen LogP contribution in [0.25, 0.3) is 16.6 Å². The molecule has 3 aromatic heterocycles. The summed E-state index contributed by atoms with van der Waals surface area (Å²) in [7, 11) is 0. The molecular formula is C18H18N6O2. The first kappa shape index (κ1) is 16.1. The zero-order valence-corrected chi connectivity index (χ0v) is 14.0. The third kappa shape index (κ3) is 3.08. The number of benzene rings is 1. The van der Waals surface area contributed by atoms with E-state index in [1.54, 1.807) is 6.20 Å². The zero-order valence-electron chi connectivity index (χ0n) is 14.0. The molecule has 3 N–H and O–H groups in total. The highest BCUT2D eigenvalue weighted by Crippen LogP contribution is 2.17. The van der Waals surface area contributed by atoms with Gasteiger partial charge in [0.2, 0.25) is 5.91 Å². The number of hydrogen-bond donors (Lipinski definition) is 3. The van der Waals surface area contributed by atoms with Gasteiger partial charge in [-0.1, -0.05) is 18.2 Å². The third-order valence-corrected chi connectivity index (χ3v) is 4.42. The van der Waals surface area contributed by atoms with Gasteiger partial charge in [0.05, 0.1) is 0 Å². The van der Waals surface area contributed by atoms with Crippen molar-refractivity contribution in [3.05, 3.63) is 64.6 Å². The van der Waals surface area contributed by atoms with E-state index in [0.29, 0.717) is 25.0 Å². The van der Waals surface area contributed by atoms with Gasteiger partial charge in [-0.05, 0) is 24.5 Å². The van der Waals surface area contributed by atoms with E-state index < -0.39 is 5.69 Å². The Kier molecular flexibility index (Phi) is 4.22. The Bertz CT molecular complexity index is 1120. The highest BCUT2D eigenvalue weighted by Gasteiger charge is 2.09. The van der Waals surface area contributed by atoms with Crippen LogP contribution in [-0.2, 0) is 17.6 Å². The van der Waals surface area contributed by atoms with Crippen molar-refractivity contribution in [1.29, 1.82) is 0 Å². The van der Waals surface area contributed by atoms with Gasteiger partial charge in [0.15, 0.2) is 5.65 Å². The van der Waals surface area contributed by atoms with E-state index in [1.807, 2.05) is 24.4 Å². The van der Waals surface area contributed by atoms with Crippen molar-refractivity contribution < 1.29 is 4.79 Å². The van der Waals surface area contributed by atoms with E-state index in [-0.39, 0.29) is 5.91 Å². The first-order valence-corrected chi connectivity index (χ1v) is 8.44. The summed E-state index contributed by atoms with van der Waals surface area (Å²) in [6.07, 6.45) is 6.51. The fraction of sp³-hybridized carbons (Fsp3) is 0.222. The smallest absolute Gasteiger partial charge is 0.361 e. The third-order valence-electron chi connectivity index (χ3n) is 4.42. The minimum absolute atomic E-state index is 0.0272. The van der Waals surface area contributed by atoms with Crippen LogP contribution in [0.5, 0.6) is 0 Å². The number of nitrogens with zero attached hydrogens (tertiary/aromatic N) is 3. The van der Waals surface area contributed by atoms with Gasteiger partial charge in [-0.25, -0.2) is 9.78 Å². The quantitative estimate of drug-likeness (QED) is 0.485. The molecule has 132 valence electrons. The van der Waals surface area contributed by atoms with Crippen molar-refractivity contribution in [3.63, 3.8) is 0 Å². The highest BCUT2D eigenvalue weighted by atomic mass is 16.2. The summed E-state index contributed by atoms with van der Waals surface area (Å²) in [5, 5.41) is 6.93. The molecule has 0 fully saturated rings. The second kappa shape index (κ2) is 6.83. The summed E-state index contributed by atoms with van der Waals surface area (Å²) in [5.74, 6) is -0.0272. The maximum absolute atomic E-state index is 12.1. The Morgan fingerprint density at radius 1 is 1.12 bits per heavy atom. The summed E-state index contributed by atoms with van der Waals surface area (Å²) in [4.78, 5) is 34.6. The molecule has 8 heteroatoms. The minimum Gasteiger partial charge on any atom is -0.361 e. The van der Waals surface area contributed by atoms with Crippen LogP contribution >= 0.6 is 0 Å². The van der Waals surface area contributed by atoms with Gasteiger partial charge in [-0.3, -0.25) is 9.89 Å². The number of H-pyrrole nitrogens is 2. The number of para-hydroxylation sites is 1. The molecule has 0 spiro atoms. The number of rotatable bonds is 6. The maximum atomic E-state index is 12.1. The van der Waals surface area contributed by atoms with E-state index in [1.165, 1.54) is 21.8 Å². The molecule has 0 saturated carbocycles. The second-order valence-electron chi connectivity index (χ2n) is 6.07. The standard InChI is InChI=1S/C18H18N6O2/c25-16(6-5-13-10-23-24-17(13)21-11-22-18(24)26)19-8-7-12-9-20-15-4-2-1-3-14(12)15/h1-4,9-11,20,23H,5-8H2,(H,19,25). The first-order valence-electron chi connectivity index (χ1n) is 8.44. The Morgan fingerprint density at radius 3 is 2.92 bits per heavy atom. The molecule has 0 radical (unpaired) electrons. The Morgan fingerprint density at radius 2 is 2.00 bits per heavy atom. The number of carbonyl (C=O) groups excluding carboxylic acids is 1. The predicted molar refractivity (Wildman–Crippen MR) is 96.9 cm³/mol. The molecule has 0 bridgehead atoms. The van der Waals surface area contributed by atoms with Crippen molar-refractivity contribution in [2.45, 2.75) is 19.3 Å². The van der Waals surface area contributed by atoms with E-state index in [0.717, 1.165) is 17.5 Å². The Labute approximate surface area is 148 Å². The lowest BCUT2D eigenvalue weighted by atomic mass is 10.1. The topological polar surface area (TPSA) is 108 Å². The lowest BCUT2D eigenvalue weighted by molar-refractivity contribution is -0.121. The molecule has 0 aliphatic heterocycles. The fourth-order valence-corrected chi connectivity index (χ4v) is 3.08. The average Bonchev–Trinajstić information content (AvgIpc) is 3.25. The molecule has 1 amide bonds. The monoisotopic (exact) mass is 350 g/mol. The lowest BCUT2D eigenvalue weighted by Gasteiger charge is -2.04. The van der Waals surface area contributed by atoms with Crippen molar-refractivity contribution in [3.8, 4) is 0 Å². The number of carbonyl (C=O) groups is 1. The molecule has 3 heterocycles. The average molecular weight is 350 g/mol. The summed E-state index contributed by atoms with van der Waals surface area (Å²) in [6, 6.07) is 8.11. The predicted octanol–water partition coefficient (Wildman–Crippen LogP) is 1.19. The number of fused-ring (bicyclic) bond motifs is 2. The second-order valence-corrected chi connectivity index (χ2v) is 6.07. The van der Waals surface area contributed by atoms with Crippen LogP contribution in [-0.4, -0.2) is 37.0 Å². The van der Waals surface area contributed by atoms with Gasteiger partial charge in [0, 0.05) is 41.8 Å². The normalized spacial score (nSPS) is 11.2. The van der Waals surface area contributed by atoms with Crippen LogP contribution in [0, 0.1) is 0 Å². The Balaban J connectivity index is 1.31. The van der Waals surface area contributed by atoms with Gasteiger partial charge < -0.3 is 10.3 Å². The van der Waals surface area contributed by atoms with Crippen molar-refractivity contribution >= 4 is 22.5 Å². The molecule has 0 aliphatic rings. The molecule has 0 atom stereocenters. The summed E-state index contributed by atoms with van der Waals surface area (Å²) in [5.41, 5.74) is 3.20. The molecule has 26 heavy (non-hydrogen) atoms. The summed E-state index contributed by atoms with van der Waals surface area (Å²) < 4.78 is 1.27. The van der Waals surface area contributed by atoms with Crippen LogP contribution < -0.4 is 11.0 Å². The summed E-state index contributed by atoms with van der Waals surface area (Å²) in [6.45, 7) is 0.580. The van der Waals surface area contributed by atoms with Gasteiger partial charge >= 0.3 is 5.69 Å². The fourth-order valence-electron chi connectivity index (χ4n) is 3.08. The SMILES string of the molecule is O=C(CCc1c[nH]n2c(=O)ncnc12)NCCc1c[nH]c2ccccc12. The van der Waals surface area contributed by atoms with Crippen molar-refractivity contribution in [2.75, 3.05) is 6.54 Å². The number of aromatic amines is 2. The van der Waals surface area contributed by atoms with Gasteiger partial charge in [-0.15, -0.1) is 0 Å².